The van der Waals surface area contributed by atoms with Crippen LogP contribution in [0.5, 0.6) is 0 Å². The number of aliphatic hydroxyl groups is 1. The molecule has 0 spiro atoms. The largest absolute Gasteiger partial charge is 0.391 e. The molecule has 0 aliphatic heterocycles. The van der Waals surface area contributed by atoms with Crippen molar-refractivity contribution in [2.45, 2.75) is 30.1 Å². The van der Waals surface area contributed by atoms with Crippen LogP contribution in [-0.4, -0.2) is 24.9 Å². The molecule has 1 rings (SSSR count). The van der Waals surface area contributed by atoms with E-state index in [9.17, 15) is 13.5 Å². The monoisotopic (exact) mass is 288 g/mol. The van der Waals surface area contributed by atoms with Gasteiger partial charge in [0, 0.05) is 5.54 Å². The highest BCUT2D eigenvalue weighted by Gasteiger charge is 2.33. The van der Waals surface area contributed by atoms with Gasteiger partial charge in [-0.3, -0.25) is 0 Å². The van der Waals surface area contributed by atoms with Crippen LogP contribution in [0.1, 0.15) is 13.8 Å². The molecule has 3 nitrogen and oxygen atoms in total. The van der Waals surface area contributed by atoms with Crippen LogP contribution >= 0.6 is 11.6 Å². The number of benzene rings is 1. The van der Waals surface area contributed by atoms with Gasteiger partial charge in [0.15, 0.2) is 9.84 Å². The Kier molecular flexibility index (Phi) is 5.38. The van der Waals surface area contributed by atoms with E-state index in [0.29, 0.717) is 0 Å². The van der Waals surface area contributed by atoms with Gasteiger partial charge in [-0.25, -0.2) is 8.42 Å². The normalized spacial score (nSPS) is 16.1. The third-order valence-corrected chi connectivity index (χ3v) is 4.94. The molecule has 0 aromatic heterocycles. The van der Waals surface area contributed by atoms with Gasteiger partial charge in [0.2, 0.25) is 0 Å². The first-order chi connectivity index (χ1) is 8.41. The first kappa shape index (κ1) is 15.2. The molecule has 0 aliphatic rings. The predicted octanol–water partition coefficient (Wildman–Crippen LogP) is 2.60. The van der Waals surface area contributed by atoms with Crippen molar-refractivity contribution in [3.8, 4) is 0 Å². The molecule has 0 heterocycles. The lowest BCUT2D eigenvalue weighted by molar-refractivity contribution is 0.130. The topological polar surface area (TPSA) is 54.4 Å². The van der Waals surface area contributed by atoms with Gasteiger partial charge in [0.05, 0.1) is 11.0 Å². The molecule has 2 atom stereocenters. The number of aliphatic hydroxyl groups excluding tert-OH is 1. The van der Waals surface area contributed by atoms with Crippen LogP contribution in [0.15, 0.2) is 46.8 Å². The summed E-state index contributed by atoms with van der Waals surface area (Å²) in [5, 5.41) is 9.00. The van der Waals surface area contributed by atoms with Gasteiger partial charge in [0.1, 0.15) is 5.25 Å². The van der Waals surface area contributed by atoms with E-state index in [1.54, 1.807) is 32.0 Å². The number of hydrogen-bond acceptors (Lipinski definition) is 3. The Morgan fingerprint density at radius 2 is 1.78 bits per heavy atom. The van der Waals surface area contributed by atoms with E-state index in [1.807, 2.05) is 0 Å². The zero-order valence-corrected chi connectivity index (χ0v) is 11.9. The molecule has 0 bridgehead atoms. The Morgan fingerprint density at radius 1 is 1.22 bits per heavy atom. The Bertz CT molecular complexity index is 494. The molecule has 5 heteroatoms. The van der Waals surface area contributed by atoms with Gasteiger partial charge in [-0.15, -0.1) is 0 Å². The van der Waals surface area contributed by atoms with Crippen LogP contribution in [0.3, 0.4) is 0 Å². The highest BCUT2D eigenvalue weighted by Crippen LogP contribution is 2.23. The van der Waals surface area contributed by atoms with Crippen LogP contribution in [0.4, 0.5) is 0 Å². The lowest BCUT2D eigenvalue weighted by atomic mass is 10.0. The maximum atomic E-state index is 12.4. The van der Waals surface area contributed by atoms with Gasteiger partial charge < -0.3 is 5.11 Å². The van der Waals surface area contributed by atoms with Gasteiger partial charge in [-0.05, 0) is 18.1 Å². The Morgan fingerprint density at radius 3 is 2.22 bits per heavy atom. The molecule has 18 heavy (non-hydrogen) atoms. The van der Waals surface area contributed by atoms with Crippen LogP contribution in [-0.2, 0) is 9.84 Å². The molecule has 0 unspecified atom stereocenters. The molecule has 0 amide bonds. The molecule has 0 radical (unpaired) electrons. The highest BCUT2D eigenvalue weighted by atomic mass is 35.5. The summed E-state index contributed by atoms with van der Waals surface area (Å²) in [6.45, 7) is 3.53. The molecule has 0 saturated heterocycles. The predicted molar refractivity (Wildman–Crippen MR) is 73.3 cm³/mol. The molecule has 0 fully saturated rings. The van der Waals surface area contributed by atoms with Crippen molar-refractivity contribution in [1.29, 1.82) is 0 Å². The Labute approximate surface area is 113 Å². The molecular formula is C13H17ClO3S. The van der Waals surface area contributed by atoms with E-state index < -0.39 is 21.2 Å². The maximum Gasteiger partial charge on any atom is 0.187 e. The van der Waals surface area contributed by atoms with Crippen LogP contribution in [0.2, 0.25) is 0 Å². The van der Waals surface area contributed by atoms with E-state index in [2.05, 4.69) is 0 Å². The van der Waals surface area contributed by atoms with Gasteiger partial charge in [-0.2, -0.15) is 0 Å². The van der Waals surface area contributed by atoms with Crippen LogP contribution in [0.25, 0.3) is 0 Å². The molecule has 1 aromatic carbocycles. The summed E-state index contributed by atoms with van der Waals surface area (Å²) in [5.74, 6) is -0.179. The minimum absolute atomic E-state index is 0.179. The molecule has 1 aromatic rings. The van der Waals surface area contributed by atoms with E-state index in [1.165, 1.54) is 18.2 Å². The molecule has 0 aliphatic carbocycles. The number of halogens is 1. The Hall–Kier alpha value is -0.840. The summed E-state index contributed by atoms with van der Waals surface area (Å²) >= 11 is 5.48. The number of hydrogen-bond donors (Lipinski definition) is 1. The van der Waals surface area contributed by atoms with Crippen molar-refractivity contribution in [3.05, 3.63) is 41.9 Å². The van der Waals surface area contributed by atoms with Crippen LogP contribution < -0.4 is 0 Å². The summed E-state index contributed by atoms with van der Waals surface area (Å²) in [7, 11) is -3.63. The van der Waals surface area contributed by atoms with Crippen LogP contribution in [0, 0.1) is 5.92 Å². The van der Waals surface area contributed by atoms with E-state index >= 15 is 0 Å². The SMILES string of the molecule is CC(C)[C@@H](O)[C@H](/C=C\Cl)S(=O)(=O)c1ccccc1. The average Bonchev–Trinajstić information content (AvgIpc) is 2.36. The molecular weight excluding hydrogens is 272 g/mol. The van der Waals surface area contributed by atoms with E-state index in [-0.39, 0.29) is 10.8 Å². The minimum Gasteiger partial charge on any atom is -0.391 e. The standard InChI is InChI=1S/C13H17ClO3S/c1-10(2)13(15)12(8-9-14)18(16,17)11-6-4-3-5-7-11/h3-10,12-13,15H,1-2H3/b9-8-/t12-,13+/m0/s1. The lowest BCUT2D eigenvalue weighted by Gasteiger charge is -2.23. The van der Waals surface area contributed by atoms with Gasteiger partial charge in [-0.1, -0.05) is 49.7 Å². The molecule has 1 N–H and O–H groups in total. The quantitative estimate of drug-likeness (QED) is 0.906. The van der Waals surface area contributed by atoms with Crippen molar-refractivity contribution in [2.24, 2.45) is 5.92 Å². The fourth-order valence-electron chi connectivity index (χ4n) is 1.62. The third-order valence-electron chi connectivity index (χ3n) is 2.71. The third kappa shape index (κ3) is 3.34. The fraction of sp³-hybridized carbons (Fsp3) is 0.385. The van der Waals surface area contributed by atoms with Crippen molar-refractivity contribution in [2.75, 3.05) is 0 Å². The molecule has 0 saturated carbocycles. The fourth-order valence-corrected chi connectivity index (χ4v) is 3.68. The lowest BCUT2D eigenvalue weighted by Crippen LogP contribution is -2.36. The first-order valence-electron chi connectivity index (χ1n) is 5.65. The second-order valence-corrected chi connectivity index (χ2v) is 6.73. The summed E-state index contributed by atoms with van der Waals surface area (Å²) in [5.41, 5.74) is 1.14. The maximum absolute atomic E-state index is 12.4. The van der Waals surface area contributed by atoms with E-state index in [4.69, 9.17) is 11.6 Å². The first-order valence-corrected chi connectivity index (χ1v) is 7.63. The second kappa shape index (κ2) is 6.36. The number of rotatable bonds is 5. The summed E-state index contributed by atoms with van der Waals surface area (Å²) in [4.78, 5) is 0.185. The van der Waals surface area contributed by atoms with Crippen molar-refractivity contribution in [3.63, 3.8) is 0 Å². The van der Waals surface area contributed by atoms with Crippen molar-refractivity contribution < 1.29 is 13.5 Å². The zero-order valence-electron chi connectivity index (χ0n) is 10.3. The minimum atomic E-state index is -3.63. The number of sulfone groups is 1. The van der Waals surface area contributed by atoms with Gasteiger partial charge >= 0.3 is 0 Å². The summed E-state index contributed by atoms with van der Waals surface area (Å²) < 4.78 is 24.8. The highest BCUT2D eigenvalue weighted by molar-refractivity contribution is 7.92. The second-order valence-electron chi connectivity index (χ2n) is 4.38. The van der Waals surface area contributed by atoms with E-state index in [0.717, 1.165) is 5.54 Å². The smallest absolute Gasteiger partial charge is 0.187 e. The zero-order chi connectivity index (χ0) is 13.8. The van der Waals surface area contributed by atoms with Gasteiger partial charge in [0.25, 0.3) is 0 Å². The summed E-state index contributed by atoms with van der Waals surface area (Å²) in [6, 6.07) is 8.06. The average molecular weight is 289 g/mol. The van der Waals surface area contributed by atoms with Crippen molar-refractivity contribution >= 4 is 21.4 Å². The Balaban J connectivity index is 3.22. The van der Waals surface area contributed by atoms with Crippen molar-refractivity contribution in [1.82, 2.24) is 0 Å². The summed E-state index contributed by atoms with van der Waals surface area (Å²) in [6.07, 6.45) is 0.319. The molecule has 100 valence electrons.